The molecule has 2 amide bonds. The highest BCUT2D eigenvalue weighted by atomic mass is 32.1. The maximum Gasteiger partial charge on any atom is 0.302 e. The molecule has 0 radical (unpaired) electrons. The second-order valence-corrected chi connectivity index (χ2v) is 6.34. The highest BCUT2D eigenvalue weighted by Gasteiger charge is 2.16. The van der Waals surface area contributed by atoms with Gasteiger partial charge in [0.2, 0.25) is 11.7 Å². The summed E-state index contributed by atoms with van der Waals surface area (Å²) in [5.74, 6) is -0.181. The molecule has 10 heteroatoms. The summed E-state index contributed by atoms with van der Waals surface area (Å²) in [5.41, 5.74) is 1.31. The van der Waals surface area contributed by atoms with Crippen molar-refractivity contribution in [3.63, 3.8) is 0 Å². The Morgan fingerprint density at radius 2 is 1.93 bits per heavy atom. The van der Waals surface area contributed by atoms with E-state index in [1.54, 1.807) is 16.8 Å². The van der Waals surface area contributed by atoms with Crippen LogP contribution in [0.2, 0.25) is 0 Å². The molecule has 0 saturated heterocycles. The van der Waals surface area contributed by atoms with E-state index in [0.717, 1.165) is 11.8 Å². The van der Waals surface area contributed by atoms with Gasteiger partial charge in [-0.25, -0.2) is 0 Å². The van der Waals surface area contributed by atoms with Crippen molar-refractivity contribution in [2.24, 2.45) is 0 Å². The van der Waals surface area contributed by atoms with Crippen LogP contribution in [-0.4, -0.2) is 26.9 Å². The van der Waals surface area contributed by atoms with E-state index in [4.69, 9.17) is 8.94 Å². The van der Waals surface area contributed by atoms with Crippen LogP contribution in [0.3, 0.4) is 0 Å². The Morgan fingerprint density at radius 1 is 1.07 bits per heavy atom. The van der Waals surface area contributed by atoms with Crippen LogP contribution in [-0.2, 0) is 6.54 Å². The average Bonchev–Trinajstić information content (AvgIpc) is 3.48. The molecule has 28 heavy (non-hydrogen) atoms. The first-order valence-electron chi connectivity index (χ1n) is 8.14. The van der Waals surface area contributed by atoms with Crippen molar-refractivity contribution < 1.29 is 18.5 Å². The molecule has 0 spiro atoms. The molecule has 140 valence electrons. The first-order chi connectivity index (χ1) is 13.7. The van der Waals surface area contributed by atoms with Gasteiger partial charge in [-0.15, -0.1) is 0 Å². The summed E-state index contributed by atoms with van der Waals surface area (Å²) in [7, 11) is 0. The Bertz CT molecular complexity index is 1090. The summed E-state index contributed by atoms with van der Waals surface area (Å²) in [6.07, 6.45) is 1.15. The first kappa shape index (κ1) is 17.6. The number of oxazole rings is 1. The molecular weight excluding hydrogens is 382 g/mol. The van der Waals surface area contributed by atoms with Gasteiger partial charge in [-0.1, -0.05) is 35.5 Å². The Labute approximate surface area is 162 Å². The molecule has 0 unspecified atom stereocenters. The van der Waals surface area contributed by atoms with E-state index in [2.05, 4.69) is 25.8 Å². The molecule has 4 rings (SSSR count). The Hall–Kier alpha value is -3.79. The Balaban J connectivity index is 1.34. The Kier molecular flexibility index (Phi) is 4.93. The van der Waals surface area contributed by atoms with Crippen molar-refractivity contribution >= 4 is 29.2 Å². The van der Waals surface area contributed by atoms with Gasteiger partial charge in [0.15, 0.2) is 5.69 Å². The number of rotatable bonds is 6. The number of nitrogens with one attached hydrogen (secondary N) is 2. The first-order valence-corrected chi connectivity index (χ1v) is 9.08. The van der Waals surface area contributed by atoms with Crippen LogP contribution in [0.4, 0.5) is 6.01 Å². The van der Waals surface area contributed by atoms with Crippen molar-refractivity contribution in [2.75, 3.05) is 5.32 Å². The number of carbonyl (C=O) groups is 2. The number of amides is 2. The van der Waals surface area contributed by atoms with Gasteiger partial charge in [-0.3, -0.25) is 14.9 Å². The fourth-order valence-electron chi connectivity index (χ4n) is 2.28. The fourth-order valence-corrected chi connectivity index (χ4v) is 2.91. The normalized spacial score (nSPS) is 10.6. The minimum Gasteiger partial charge on any atom is -0.431 e. The maximum absolute atomic E-state index is 12.2. The number of aromatic nitrogens is 3. The van der Waals surface area contributed by atoms with E-state index in [1.807, 2.05) is 30.3 Å². The van der Waals surface area contributed by atoms with E-state index in [-0.39, 0.29) is 30.1 Å². The number of hydrogen-bond acceptors (Lipinski definition) is 8. The molecule has 0 aliphatic rings. The lowest BCUT2D eigenvalue weighted by atomic mass is 10.2. The molecule has 0 fully saturated rings. The fraction of sp³-hybridized carbons (Fsp3) is 0.0556. The van der Waals surface area contributed by atoms with E-state index in [1.165, 1.54) is 11.3 Å². The third-order valence-corrected chi connectivity index (χ3v) is 4.32. The minimum atomic E-state index is -0.501. The molecule has 0 aliphatic heterocycles. The zero-order valence-electron chi connectivity index (χ0n) is 14.3. The topological polar surface area (TPSA) is 123 Å². The second kappa shape index (κ2) is 7.84. The van der Waals surface area contributed by atoms with Crippen LogP contribution in [0.5, 0.6) is 0 Å². The van der Waals surface area contributed by atoms with Gasteiger partial charge < -0.3 is 14.3 Å². The summed E-state index contributed by atoms with van der Waals surface area (Å²) in [6, 6.07) is 10.9. The van der Waals surface area contributed by atoms with Crippen LogP contribution in [0.15, 0.2) is 62.4 Å². The maximum atomic E-state index is 12.2. The molecule has 9 nitrogen and oxygen atoms in total. The van der Waals surface area contributed by atoms with Crippen LogP contribution in [0, 0.1) is 0 Å². The van der Waals surface area contributed by atoms with Gasteiger partial charge >= 0.3 is 6.01 Å². The molecule has 1 aromatic carbocycles. The van der Waals surface area contributed by atoms with E-state index < -0.39 is 5.91 Å². The number of benzene rings is 1. The molecule has 3 aromatic heterocycles. The number of nitrogens with zero attached hydrogens (tertiary/aromatic N) is 3. The molecule has 0 aliphatic carbocycles. The van der Waals surface area contributed by atoms with Gasteiger partial charge in [0, 0.05) is 10.9 Å². The zero-order valence-corrected chi connectivity index (χ0v) is 15.1. The van der Waals surface area contributed by atoms with Crippen molar-refractivity contribution in [1.29, 1.82) is 0 Å². The van der Waals surface area contributed by atoms with E-state index >= 15 is 0 Å². The second-order valence-electron chi connectivity index (χ2n) is 5.56. The van der Waals surface area contributed by atoms with Gasteiger partial charge in [-0.05, 0) is 11.4 Å². The van der Waals surface area contributed by atoms with Gasteiger partial charge in [-0.2, -0.15) is 21.3 Å². The highest BCUT2D eigenvalue weighted by Crippen LogP contribution is 2.15. The van der Waals surface area contributed by atoms with E-state index in [0.29, 0.717) is 11.4 Å². The van der Waals surface area contributed by atoms with Gasteiger partial charge in [0.1, 0.15) is 6.26 Å². The molecule has 0 bridgehead atoms. The molecule has 2 N–H and O–H groups in total. The summed E-state index contributed by atoms with van der Waals surface area (Å²) in [6.45, 7) is 0.0299. The SMILES string of the molecule is O=C(Nc1nc(C(=O)NCc2nc(-c3ccccc3)no2)co1)c1ccsc1. The minimum absolute atomic E-state index is 0.0171. The summed E-state index contributed by atoms with van der Waals surface area (Å²) in [4.78, 5) is 32.3. The molecule has 0 saturated carbocycles. The standard InChI is InChI=1S/C18H13N5O4S/c24-16(12-6-7-28-10-12)22-18-20-13(9-26-18)17(25)19-8-14-21-15(23-27-14)11-4-2-1-3-5-11/h1-7,9-10H,8H2,(H,19,25)(H,20,22,24). The number of carbonyl (C=O) groups excluding carboxylic acids is 2. The number of hydrogen-bond donors (Lipinski definition) is 2. The van der Waals surface area contributed by atoms with Crippen LogP contribution < -0.4 is 10.6 Å². The molecular formula is C18H13N5O4S. The van der Waals surface area contributed by atoms with E-state index in [9.17, 15) is 9.59 Å². The lowest BCUT2D eigenvalue weighted by molar-refractivity contribution is 0.0940. The lowest BCUT2D eigenvalue weighted by Crippen LogP contribution is -2.23. The summed E-state index contributed by atoms with van der Waals surface area (Å²) >= 11 is 1.40. The third-order valence-electron chi connectivity index (χ3n) is 3.64. The van der Waals surface area contributed by atoms with Gasteiger partial charge in [0.05, 0.1) is 12.1 Å². The Morgan fingerprint density at radius 3 is 2.71 bits per heavy atom. The van der Waals surface area contributed by atoms with Crippen molar-refractivity contribution in [3.05, 3.63) is 70.6 Å². The van der Waals surface area contributed by atoms with Crippen molar-refractivity contribution in [2.45, 2.75) is 6.54 Å². The van der Waals surface area contributed by atoms with Gasteiger partial charge in [0.25, 0.3) is 11.8 Å². The van der Waals surface area contributed by atoms with Crippen LogP contribution in [0.25, 0.3) is 11.4 Å². The summed E-state index contributed by atoms with van der Waals surface area (Å²) < 4.78 is 10.2. The molecule has 4 aromatic rings. The third kappa shape index (κ3) is 3.96. The lowest BCUT2D eigenvalue weighted by Gasteiger charge is -1.98. The smallest absolute Gasteiger partial charge is 0.302 e. The van der Waals surface area contributed by atoms with Crippen molar-refractivity contribution in [1.82, 2.24) is 20.4 Å². The largest absolute Gasteiger partial charge is 0.431 e. The number of anilines is 1. The monoisotopic (exact) mass is 395 g/mol. The van der Waals surface area contributed by atoms with Crippen molar-refractivity contribution in [3.8, 4) is 11.4 Å². The molecule has 3 heterocycles. The molecule has 0 atom stereocenters. The predicted octanol–water partition coefficient (Wildman–Crippen LogP) is 2.97. The average molecular weight is 395 g/mol. The van der Waals surface area contributed by atoms with Crippen LogP contribution in [0.1, 0.15) is 26.7 Å². The highest BCUT2D eigenvalue weighted by molar-refractivity contribution is 7.08. The quantitative estimate of drug-likeness (QED) is 0.514. The zero-order chi connectivity index (χ0) is 19.3. The van der Waals surface area contributed by atoms with Crippen LogP contribution >= 0.6 is 11.3 Å². The predicted molar refractivity (Wildman–Crippen MR) is 99.7 cm³/mol. The number of thiophene rings is 1. The summed E-state index contributed by atoms with van der Waals surface area (Å²) in [5, 5.41) is 12.4.